The molecule has 2 heterocycles. The summed E-state index contributed by atoms with van der Waals surface area (Å²) >= 11 is 1.56. The van der Waals surface area contributed by atoms with Crippen LogP contribution in [0.2, 0.25) is 0 Å². The lowest BCUT2D eigenvalue weighted by Gasteiger charge is -2.12. The maximum absolute atomic E-state index is 11.8. The van der Waals surface area contributed by atoms with Crippen molar-refractivity contribution >= 4 is 23.2 Å². The lowest BCUT2D eigenvalue weighted by molar-refractivity contribution is -0.138. The van der Waals surface area contributed by atoms with E-state index in [-0.39, 0.29) is 24.3 Å². The first-order chi connectivity index (χ1) is 8.13. The fourth-order valence-corrected chi connectivity index (χ4v) is 2.61. The lowest BCUT2D eigenvalue weighted by atomic mass is 10.2. The predicted molar refractivity (Wildman–Crippen MR) is 64.5 cm³/mol. The fourth-order valence-electron chi connectivity index (χ4n) is 1.89. The topological polar surface area (TPSA) is 62.3 Å². The van der Waals surface area contributed by atoms with Crippen molar-refractivity contribution in [1.29, 1.82) is 0 Å². The summed E-state index contributed by atoms with van der Waals surface area (Å²) in [6.07, 6.45) is 0.268. The Balaban J connectivity index is 1.95. The van der Waals surface area contributed by atoms with Crippen LogP contribution in [0.3, 0.4) is 0 Å². The van der Waals surface area contributed by atoms with Crippen LogP contribution in [0.15, 0.2) is 5.51 Å². The Morgan fingerprint density at radius 1 is 1.59 bits per heavy atom. The van der Waals surface area contributed by atoms with Crippen molar-refractivity contribution in [2.75, 3.05) is 6.54 Å². The third kappa shape index (κ3) is 2.37. The molecule has 0 aromatic carbocycles. The number of likely N-dealkylation sites (tertiary alicyclic amines) is 1. The number of nitrogens with one attached hydrogen (secondary N) is 1. The molecule has 0 radical (unpaired) electrons. The minimum absolute atomic E-state index is 0.0870. The Kier molecular flexibility index (Phi) is 3.54. The number of nitrogens with zero attached hydrogens (tertiary/aromatic N) is 2. The summed E-state index contributed by atoms with van der Waals surface area (Å²) in [5.74, 6) is -0.198. The SMILES string of the molecule is CCN1C(=O)CC(NCc2scnc2C)C1=O. The standard InChI is InChI=1S/C11H15N3O2S/c1-3-14-10(15)4-8(11(14)16)12-5-9-7(2)13-6-17-9/h6,8,12H,3-5H2,1-2H3. The maximum atomic E-state index is 11.8. The first kappa shape index (κ1) is 12.2. The van der Waals surface area contributed by atoms with Crippen molar-refractivity contribution < 1.29 is 9.59 Å². The molecule has 1 unspecified atom stereocenters. The van der Waals surface area contributed by atoms with Gasteiger partial charge in [0.15, 0.2) is 0 Å². The van der Waals surface area contributed by atoms with Gasteiger partial charge in [0.25, 0.3) is 0 Å². The number of likely N-dealkylation sites (N-methyl/N-ethyl adjacent to an activating group) is 1. The number of amides is 2. The Morgan fingerprint density at radius 3 is 2.88 bits per heavy atom. The molecule has 6 heteroatoms. The van der Waals surface area contributed by atoms with E-state index >= 15 is 0 Å². The van der Waals surface area contributed by atoms with Crippen molar-refractivity contribution in [1.82, 2.24) is 15.2 Å². The normalized spacial score (nSPS) is 20.4. The molecule has 1 atom stereocenters. The predicted octanol–water partition coefficient (Wildman–Crippen LogP) is 0.689. The molecular formula is C11H15N3O2S. The Labute approximate surface area is 104 Å². The summed E-state index contributed by atoms with van der Waals surface area (Å²) in [5.41, 5.74) is 2.76. The highest BCUT2D eigenvalue weighted by Crippen LogP contribution is 2.15. The van der Waals surface area contributed by atoms with Gasteiger partial charge in [-0.15, -0.1) is 11.3 Å². The van der Waals surface area contributed by atoms with Gasteiger partial charge in [0.1, 0.15) is 0 Å². The number of rotatable bonds is 4. The van der Waals surface area contributed by atoms with E-state index in [0.717, 1.165) is 10.6 Å². The van der Waals surface area contributed by atoms with Crippen LogP contribution in [0, 0.1) is 6.92 Å². The molecule has 1 aromatic rings. The molecule has 1 N–H and O–H groups in total. The van der Waals surface area contributed by atoms with E-state index in [0.29, 0.717) is 13.1 Å². The molecule has 1 aliphatic heterocycles. The van der Waals surface area contributed by atoms with E-state index in [9.17, 15) is 9.59 Å². The zero-order valence-corrected chi connectivity index (χ0v) is 10.7. The second-order valence-corrected chi connectivity index (χ2v) is 4.91. The van der Waals surface area contributed by atoms with Crippen molar-refractivity contribution in [2.24, 2.45) is 0 Å². The summed E-state index contributed by atoms with van der Waals surface area (Å²) in [6.45, 7) is 4.80. The van der Waals surface area contributed by atoms with Gasteiger partial charge < -0.3 is 5.32 Å². The molecule has 1 aromatic heterocycles. The van der Waals surface area contributed by atoms with E-state index in [1.807, 2.05) is 13.8 Å². The molecule has 2 amide bonds. The molecule has 17 heavy (non-hydrogen) atoms. The zero-order valence-electron chi connectivity index (χ0n) is 9.90. The maximum Gasteiger partial charge on any atom is 0.246 e. The van der Waals surface area contributed by atoms with Gasteiger partial charge in [0.05, 0.1) is 23.7 Å². The van der Waals surface area contributed by atoms with E-state index in [1.165, 1.54) is 4.90 Å². The quantitative estimate of drug-likeness (QED) is 0.802. The first-order valence-electron chi connectivity index (χ1n) is 5.60. The molecule has 1 aliphatic rings. The van der Waals surface area contributed by atoms with Gasteiger partial charge in [0, 0.05) is 18.0 Å². The Hall–Kier alpha value is -1.27. The smallest absolute Gasteiger partial charge is 0.246 e. The van der Waals surface area contributed by atoms with Crippen LogP contribution in [0.1, 0.15) is 23.9 Å². The Bertz CT molecular complexity index is 444. The second kappa shape index (κ2) is 4.93. The van der Waals surface area contributed by atoms with E-state index in [4.69, 9.17) is 0 Å². The van der Waals surface area contributed by atoms with Crippen LogP contribution in [0.25, 0.3) is 0 Å². The van der Waals surface area contributed by atoms with Gasteiger partial charge in [-0.1, -0.05) is 0 Å². The molecule has 0 saturated carbocycles. The van der Waals surface area contributed by atoms with E-state index in [2.05, 4.69) is 10.3 Å². The average Bonchev–Trinajstić information content (AvgIpc) is 2.81. The number of carbonyl (C=O) groups excluding carboxylic acids is 2. The summed E-state index contributed by atoms with van der Waals surface area (Å²) < 4.78 is 0. The second-order valence-electron chi connectivity index (χ2n) is 3.97. The van der Waals surface area contributed by atoms with Gasteiger partial charge in [-0.3, -0.25) is 14.5 Å². The number of imide groups is 1. The third-order valence-electron chi connectivity index (χ3n) is 2.91. The number of hydrogen-bond acceptors (Lipinski definition) is 5. The lowest BCUT2D eigenvalue weighted by Crippen LogP contribution is -2.38. The largest absolute Gasteiger partial charge is 0.300 e. The molecule has 0 spiro atoms. The highest BCUT2D eigenvalue weighted by atomic mass is 32.1. The van der Waals surface area contributed by atoms with Crippen molar-refractivity contribution in [3.05, 3.63) is 16.1 Å². The highest BCUT2D eigenvalue weighted by molar-refractivity contribution is 7.09. The zero-order chi connectivity index (χ0) is 12.4. The molecule has 0 bridgehead atoms. The van der Waals surface area contributed by atoms with Crippen LogP contribution < -0.4 is 5.32 Å². The molecular weight excluding hydrogens is 238 g/mol. The number of aryl methyl sites for hydroxylation is 1. The number of aromatic nitrogens is 1. The Morgan fingerprint density at radius 2 is 2.35 bits per heavy atom. The van der Waals surface area contributed by atoms with Crippen LogP contribution >= 0.6 is 11.3 Å². The van der Waals surface area contributed by atoms with E-state index < -0.39 is 0 Å². The molecule has 92 valence electrons. The fraction of sp³-hybridized carbons (Fsp3) is 0.545. The number of thiazole rings is 1. The number of hydrogen-bond donors (Lipinski definition) is 1. The van der Waals surface area contributed by atoms with Gasteiger partial charge in [-0.25, -0.2) is 4.98 Å². The van der Waals surface area contributed by atoms with E-state index in [1.54, 1.807) is 16.8 Å². The molecule has 5 nitrogen and oxygen atoms in total. The van der Waals surface area contributed by atoms with Crippen molar-refractivity contribution in [3.8, 4) is 0 Å². The summed E-state index contributed by atoms with van der Waals surface area (Å²) in [7, 11) is 0. The van der Waals surface area contributed by atoms with Gasteiger partial charge in [-0.05, 0) is 13.8 Å². The molecule has 1 fully saturated rings. The number of carbonyl (C=O) groups is 2. The molecule has 1 saturated heterocycles. The van der Waals surface area contributed by atoms with Gasteiger partial charge in [-0.2, -0.15) is 0 Å². The van der Waals surface area contributed by atoms with Gasteiger partial charge >= 0.3 is 0 Å². The third-order valence-corrected chi connectivity index (χ3v) is 3.85. The van der Waals surface area contributed by atoms with Crippen molar-refractivity contribution in [3.63, 3.8) is 0 Å². The highest BCUT2D eigenvalue weighted by Gasteiger charge is 2.37. The summed E-state index contributed by atoms with van der Waals surface area (Å²) in [6, 6.07) is -0.371. The van der Waals surface area contributed by atoms with Gasteiger partial charge in [0.2, 0.25) is 11.8 Å². The van der Waals surface area contributed by atoms with Crippen LogP contribution in [-0.2, 0) is 16.1 Å². The summed E-state index contributed by atoms with van der Waals surface area (Å²) in [5, 5.41) is 3.13. The van der Waals surface area contributed by atoms with Crippen LogP contribution in [0.4, 0.5) is 0 Å². The minimum Gasteiger partial charge on any atom is -0.300 e. The first-order valence-corrected chi connectivity index (χ1v) is 6.48. The van der Waals surface area contributed by atoms with Crippen molar-refractivity contribution in [2.45, 2.75) is 32.9 Å². The monoisotopic (exact) mass is 253 g/mol. The van der Waals surface area contributed by atoms with Crippen LogP contribution in [-0.4, -0.2) is 34.3 Å². The summed E-state index contributed by atoms with van der Waals surface area (Å²) in [4.78, 5) is 29.9. The molecule has 2 rings (SSSR count). The minimum atomic E-state index is -0.371. The average molecular weight is 253 g/mol. The van der Waals surface area contributed by atoms with Crippen LogP contribution in [0.5, 0.6) is 0 Å². The molecule has 0 aliphatic carbocycles.